The Balaban J connectivity index is 1.16. The van der Waals surface area contributed by atoms with Gasteiger partial charge in [0.15, 0.2) is 0 Å². The smallest absolute Gasteiger partial charge is 0.411 e. The first-order valence-electron chi connectivity index (χ1n) is 12.5. The van der Waals surface area contributed by atoms with E-state index in [9.17, 15) is 4.79 Å². The van der Waals surface area contributed by atoms with Crippen molar-refractivity contribution < 1.29 is 14.3 Å². The van der Waals surface area contributed by atoms with Crippen LogP contribution in [-0.2, 0) is 11.8 Å². The van der Waals surface area contributed by atoms with E-state index < -0.39 is 6.09 Å². The molecular formula is C26H36N4O3. The molecule has 1 saturated carbocycles. The number of ether oxygens (including phenoxy) is 2. The molecule has 4 aliphatic rings. The normalized spacial score (nSPS) is 27.3. The van der Waals surface area contributed by atoms with Crippen LogP contribution in [0.5, 0.6) is 5.75 Å². The zero-order chi connectivity index (χ0) is 22.8. The van der Waals surface area contributed by atoms with Gasteiger partial charge in [0.2, 0.25) is 0 Å². The molecule has 4 atom stereocenters. The number of fused-ring (bicyclic) bond motifs is 3. The highest BCUT2D eigenvalue weighted by molar-refractivity contribution is 5.84. The highest BCUT2D eigenvalue weighted by Gasteiger charge is 2.42. The van der Waals surface area contributed by atoms with Crippen LogP contribution in [0.4, 0.5) is 10.5 Å². The van der Waals surface area contributed by atoms with Crippen LogP contribution in [0.1, 0.15) is 68.2 Å². The van der Waals surface area contributed by atoms with E-state index >= 15 is 0 Å². The van der Waals surface area contributed by atoms with Gasteiger partial charge in [0.05, 0.1) is 12.8 Å². The summed E-state index contributed by atoms with van der Waals surface area (Å²) in [5, 5.41) is 7.74. The van der Waals surface area contributed by atoms with E-state index in [0.29, 0.717) is 36.1 Å². The third-order valence-corrected chi connectivity index (χ3v) is 7.96. The number of nitrogens with zero attached hydrogens (tertiary/aromatic N) is 3. The standard InChI is InChI=1S/C26H36N4O3/c1-29-25(15-24(28-29)18-6-4-3-5-7-18)23-16-30-13-12-19(23)14-21(30)17-33-26(31)27-20-8-10-22(32-2)11-9-20/h8-11,15,18-19,21,23H,3-7,12-14,16-17H2,1-2H3,(H,27,31)/t19-,21+,23-/m0/s1. The highest BCUT2D eigenvalue weighted by atomic mass is 16.5. The van der Waals surface area contributed by atoms with Gasteiger partial charge in [-0.2, -0.15) is 5.10 Å². The molecule has 0 spiro atoms. The fraction of sp³-hybridized carbons (Fsp3) is 0.615. The van der Waals surface area contributed by atoms with Gasteiger partial charge >= 0.3 is 6.09 Å². The van der Waals surface area contributed by atoms with Crippen LogP contribution >= 0.6 is 0 Å². The Hall–Kier alpha value is -2.54. The van der Waals surface area contributed by atoms with E-state index in [1.807, 2.05) is 24.3 Å². The molecule has 6 rings (SSSR count). The number of carbonyl (C=O) groups is 1. The predicted octanol–water partition coefficient (Wildman–Crippen LogP) is 4.90. The summed E-state index contributed by atoms with van der Waals surface area (Å²) in [6.45, 7) is 2.55. The third-order valence-electron chi connectivity index (χ3n) is 7.96. The number of anilines is 1. The van der Waals surface area contributed by atoms with Crippen molar-refractivity contribution in [1.29, 1.82) is 0 Å². The maximum absolute atomic E-state index is 12.3. The van der Waals surface area contributed by atoms with Crippen LogP contribution < -0.4 is 10.1 Å². The summed E-state index contributed by atoms with van der Waals surface area (Å²) < 4.78 is 12.9. The number of aryl methyl sites for hydroxylation is 1. The number of methoxy groups -OCH3 is 1. The minimum atomic E-state index is -0.400. The monoisotopic (exact) mass is 452 g/mol. The van der Waals surface area contributed by atoms with Crippen LogP contribution in [0.15, 0.2) is 30.3 Å². The SMILES string of the molecule is COc1ccc(NC(=O)OC[C@H]2C[C@@H]3CCN2C[C@@H]3c2cc(C3CCCCC3)nn2C)cc1. The molecule has 4 heterocycles. The Kier molecular flexibility index (Phi) is 6.58. The number of aromatic nitrogens is 2. The number of carbonyl (C=O) groups excluding carboxylic acids is 1. The van der Waals surface area contributed by atoms with Crippen molar-refractivity contribution in [2.24, 2.45) is 13.0 Å². The Morgan fingerprint density at radius 2 is 1.94 bits per heavy atom. The first-order chi connectivity index (χ1) is 16.1. The van der Waals surface area contributed by atoms with Crippen molar-refractivity contribution in [3.8, 4) is 5.75 Å². The molecule has 7 heteroatoms. The molecule has 3 saturated heterocycles. The lowest BCUT2D eigenvalue weighted by Gasteiger charge is -2.49. The zero-order valence-corrected chi connectivity index (χ0v) is 19.8. The Morgan fingerprint density at radius 3 is 2.64 bits per heavy atom. The fourth-order valence-corrected chi connectivity index (χ4v) is 6.10. The lowest BCUT2D eigenvalue weighted by molar-refractivity contribution is -0.00222. The van der Waals surface area contributed by atoms with Crippen molar-refractivity contribution in [3.63, 3.8) is 0 Å². The van der Waals surface area contributed by atoms with Gasteiger partial charge in [-0.25, -0.2) is 4.79 Å². The van der Waals surface area contributed by atoms with Gasteiger partial charge in [-0.05, 0) is 68.5 Å². The Morgan fingerprint density at radius 1 is 1.15 bits per heavy atom. The van der Waals surface area contributed by atoms with E-state index in [4.69, 9.17) is 14.6 Å². The molecule has 33 heavy (non-hydrogen) atoms. The summed E-state index contributed by atoms with van der Waals surface area (Å²) in [5.41, 5.74) is 3.40. The first-order valence-corrected chi connectivity index (χ1v) is 12.5. The second-order valence-corrected chi connectivity index (χ2v) is 9.94. The average Bonchev–Trinajstić information content (AvgIpc) is 3.25. The summed E-state index contributed by atoms with van der Waals surface area (Å²) in [5.74, 6) is 2.56. The molecule has 1 unspecified atom stereocenters. The van der Waals surface area contributed by atoms with E-state index in [1.54, 1.807) is 7.11 Å². The number of benzene rings is 1. The summed E-state index contributed by atoms with van der Waals surface area (Å²) in [6, 6.07) is 9.96. The number of amides is 1. The molecule has 178 valence electrons. The molecule has 4 fully saturated rings. The van der Waals surface area contributed by atoms with Gasteiger partial charge in [0.1, 0.15) is 12.4 Å². The molecular weight excluding hydrogens is 416 g/mol. The van der Waals surface area contributed by atoms with Gasteiger partial charge in [-0.15, -0.1) is 0 Å². The number of hydrogen-bond acceptors (Lipinski definition) is 5. The summed E-state index contributed by atoms with van der Waals surface area (Å²) >= 11 is 0. The van der Waals surface area contributed by atoms with Crippen molar-refractivity contribution in [1.82, 2.24) is 14.7 Å². The number of hydrogen-bond donors (Lipinski definition) is 1. The van der Waals surface area contributed by atoms with Crippen LogP contribution in [0.2, 0.25) is 0 Å². The van der Waals surface area contributed by atoms with Gasteiger partial charge in [-0.3, -0.25) is 14.9 Å². The van der Waals surface area contributed by atoms with Crippen LogP contribution in [0.3, 0.4) is 0 Å². The molecule has 1 N–H and O–H groups in total. The van der Waals surface area contributed by atoms with E-state index in [2.05, 4.69) is 28.0 Å². The molecule has 1 aliphatic carbocycles. The van der Waals surface area contributed by atoms with Gasteiger partial charge in [-0.1, -0.05) is 19.3 Å². The third kappa shape index (κ3) is 4.88. The van der Waals surface area contributed by atoms with Crippen molar-refractivity contribution in [2.45, 2.75) is 62.8 Å². The van der Waals surface area contributed by atoms with E-state index in [0.717, 1.165) is 25.3 Å². The van der Waals surface area contributed by atoms with Gasteiger partial charge in [0.25, 0.3) is 0 Å². The molecule has 1 aromatic heterocycles. The number of rotatable bonds is 6. The van der Waals surface area contributed by atoms with Crippen molar-refractivity contribution in [3.05, 3.63) is 41.7 Å². The lowest BCUT2D eigenvalue weighted by atomic mass is 9.74. The van der Waals surface area contributed by atoms with Crippen LogP contribution in [0, 0.1) is 5.92 Å². The molecule has 0 radical (unpaired) electrons. The average molecular weight is 453 g/mol. The molecule has 7 nitrogen and oxygen atoms in total. The topological polar surface area (TPSA) is 68.6 Å². The molecule has 2 aromatic rings. The molecule has 1 aromatic carbocycles. The van der Waals surface area contributed by atoms with E-state index in [1.165, 1.54) is 49.9 Å². The van der Waals surface area contributed by atoms with Gasteiger partial charge < -0.3 is 9.47 Å². The Labute approximate surface area is 196 Å². The number of nitrogens with one attached hydrogen (secondary N) is 1. The van der Waals surface area contributed by atoms with Crippen molar-refractivity contribution in [2.75, 3.05) is 32.1 Å². The lowest BCUT2D eigenvalue weighted by Crippen LogP contribution is -2.54. The van der Waals surface area contributed by atoms with E-state index in [-0.39, 0.29) is 0 Å². The molecule has 2 bridgehead atoms. The molecule has 3 aliphatic heterocycles. The maximum atomic E-state index is 12.3. The zero-order valence-electron chi connectivity index (χ0n) is 19.8. The maximum Gasteiger partial charge on any atom is 0.411 e. The summed E-state index contributed by atoms with van der Waals surface area (Å²) in [4.78, 5) is 14.8. The van der Waals surface area contributed by atoms with Gasteiger partial charge in [0, 0.05) is 42.9 Å². The predicted molar refractivity (Wildman–Crippen MR) is 128 cm³/mol. The minimum absolute atomic E-state index is 0.299. The van der Waals surface area contributed by atoms with Crippen molar-refractivity contribution >= 4 is 11.8 Å². The minimum Gasteiger partial charge on any atom is -0.497 e. The van der Waals surface area contributed by atoms with Crippen LogP contribution in [-0.4, -0.2) is 53.6 Å². The largest absolute Gasteiger partial charge is 0.497 e. The fourth-order valence-electron chi connectivity index (χ4n) is 6.10. The Bertz CT molecular complexity index is 951. The molecule has 1 amide bonds. The second-order valence-electron chi connectivity index (χ2n) is 9.94. The second kappa shape index (κ2) is 9.75. The summed E-state index contributed by atoms with van der Waals surface area (Å²) in [7, 11) is 3.74. The quantitative estimate of drug-likeness (QED) is 0.675. The first kappa shape index (κ1) is 22.3. The highest BCUT2D eigenvalue weighted by Crippen LogP contribution is 2.43. The number of piperidine rings is 3. The van der Waals surface area contributed by atoms with Crippen LogP contribution in [0.25, 0.3) is 0 Å². The summed E-state index contributed by atoms with van der Waals surface area (Å²) in [6.07, 6.45) is 8.51.